The SMILES string of the molecule is CCC(C)c1ccc(OC(C)=O)cc1. The van der Waals surface area contributed by atoms with E-state index in [2.05, 4.69) is 13.8 Å². The lowest BCUT2D eigenvalue weighted by molar-refractivity contribution is -0.131. The lowest BCUT2D eigenvalue weighted by Crippen LogP contribution is -2.01. The van der Waals surface area contributed by atoms with Crippen LogP contribution in [0.5, 0.6) is 5.75 Å². The molecule has 1 atom stereocenters. The molecule has 0 saturated heterocycles. The summed E-state index contributed by atoms with van der Waals surface area (Å²) in [6.07, 6.45) is 1.12. The maximum atomic E-state index is 10.7. The summed E-state index contributed by atoms with van der Waals surface area (Å²) in [6.45, 7) is 5.74. The molecule has 0 radical (unpaired) electrons. The normalized spacial score (nSPS) is 12.2. The van der Waals surface area contributed by atoms with Gasteiger partial charge in [0, 0.05) is 6.92 Å². The molecule has 0 bridgehead atoms. The molecule has 0 spiro atoms. The van der Waals surface area contributed by atoms with Crippen LogP contribution >= 0.6 is 0 Å². The van der Waals surface area contributed by atoms with Crippen LogP contribution in [0.2, 0.25) is 0 Å². The van der Waals surface area contributed by atoms with Gasteiger partial charge in [0.15, 0.2) is 0 Å². The summed E-state index contributed by atoms with van der Waals surface area (Å²) in [5, 5.41) is 0. The van der Waals surface area contributed by atoms with Crippen LogP contribution in [0.25, 0.3) is 0 Å². The molecule has 14 heavy (non-hydrogen) atoms. The monoisotopic (exact) mass is 192 g/mol. The highest BCUT2D eigenvalue weighted by Crippen LogP contribution is 2.21. The minimum absolute atomic E-state index is 0.277. The number of hydrogen-bond donors (Lipinski definition) is 0. The molecule has 2 heteroatoms. The number of rotatable bonds is 3. The fourth-order valence-electron chi connectivity index (χ4n) is 1.27. The number of carbonyl (C=O) groups is 1. The Kier molecular flexibility index (Phi) is 3.69. The summed E-state index contributed by atoms with van der Waals surface area (Å²) in [6, 6.07) is 7.69. The Balaban J connectivity index is 2.73. The predicted molar refractivity (Wildman–Crippen MR) is 56.5 cm³/mol. The Morgan fingerprint density at radius 2 is 1.93 bits per heavy atom. The van der Waals surface area contributed by atoms with Crippen LogP contribution in [0.3, 0.4) is 0 Å². The molecule has 0 aliphatic heterocycles. The molecule has 76 valence electrons. The van der Waals surface area contributed by atoms with Gasteiger partial charge in [0.25, 0.3) is 0 Å². The van der Waals surface area contributed by atoms with Crippen molar-refractivity contribution in [2.75, 3.05) is 0 Å². The molecule has 2 nitrogen and oxygen atoms in total. The van der Waals surface area contributed by atoms with Gasteiger partial charge in [0.2, 0.25) is 0 Å². The van der Waals surface area contributed by atoms with Crippen molar-refractivity contribution in [3.63, 3.8) is 0 Å². The summed E-state index contributed by atoms with van der Waals surface area (Å²) in [4.78, 5) is 10.7. The van der Waals surface area contributed by atoms with E-state index in [4.69, 9.17) is 4.74 Å². The van der Waals surface area contributed by atoms with E-state index in [0.29, 0.717) is 11.7 Å². The van der Waals surface area contributed by atoms with E-state index < -0.39 is 0 Å². The molecule has 0 aromatic heterocycles. The minimum atomic E-state index is -0.277. The molecule has 0 fully saturated rings. The van der Waals surface area contributed by atoms with Crippen molar-refractivity contribution in [2.24, 2.45) is 0 Å². The maximum absolute atomic E-state index is 10.7. The van der Waals surface area contributed by atoms with Crippen molar-refractivity contribution in [1.82, 2.24) is 0 Å². The van der Waals surface area contributed by atoms with E-state index in [9.17, 15) is 4.79 Å². The van der Waals surface area contributed by atoms with Gasteiger partial charge in [-0.15, -0.1) is 0 Å². The van der Waals surface area contributed by atoms with Crippen LogP contribution in [0.4, 0.5) is 0 Å². The topological polar surface area (TPSA) is 26.3 Å². The lowest BCUT2D eigenvalue weighted by Gasteiger charge is -2.09. The van der Waals surface area contributed by atoms with Crippen molar-refractivity contribution < 1.29 is 9.53 Å². The lowest BCUT2D eigenvalue weighted by atomic mass is 9.99. The molecule has 0 aliphatic rings. The van der Waals surface area contributed by atoms with Crippen LogP contribution in [-0.2, 0) is 4.79 Å². The molecule has 0 amide bonds. The van der Waals surface area contributed by atoms with E-state index >= 15 is 0 Å². The Bertz CT molecular complexity index is 301. The number of esters is 1. The average Bonchev–Trinajstić information content (AvgIpc) is 2.17. The second kappa shape index (κ2) is 4.80. The smallest absolute Gasteiger partial charge is 0.308 e. The molecular formula is C12H16O2. The highest BCUT2D eigenvalue weighted by molar-refractivity contribution is 5.69. The quantitative estimate of drug-likeness (QED) is 0.543. The summed E-state index contributed by atoms with van der Waals surface area (Å²) >= 11 is 0. The molecule has 0 aliphatic carbocycles. The first-order chi connectivity index (χ1) is 6.63. The number of benzene rings is 1. The second-order valence-electron chi connectivity index (χ2n) is 3.47. The zero-order valence-electron chi connectivity index (χ0n) is 8.91. The highest BCUT2D eigenvalue weighted by Gasteiger charge is 2.03. The maximum Gasteiger partial charge on any atom is 0.308 e. The Morgan fingerprint density at radius 3 is 2.36 bits per heavy atom. The van der Waals surface area contributed by atoms with Gasteiger partial charge < -0.3 is 4.74 Å². The van der Waals surface area contributed by atoms with Gasteiger partial charge in [-0.25, -0.2) is 0 Å². The van der Waals surface area contributed by atoms with Crippen molar-refractivity contribution in [3.05, 3.63) is 29.8 Å². The molecule has 0 N–H and O–H groups in total. The number of ether oxygens (including phenoxy) is 1. The van der Waals surface area contributed by atoms with Gasteiger partial charge in [-0.3, -0.25) is 4.79 Å². The fourth-order valence-corrected chi connectivity index (χ4v) is 1.27. The van der Waals surface area contributed by atoms with Crippen molar-refractivity contribution in [3.8, 4) is 5.75 Å². The fraction of sp³-hybridized carbons (Fsp3) is 0.417. The molecule has 1 aromatic rings. The molecule has 1 unspecified atom stereocenters. The number of hydrogen-bond acceptors (Lipinski definition) is 2. The zero-order valence-corrected chi connectivity index (χ0v) is 8.91. The second-order valence-corrected chi connectivity index (χ2v) is 3.47. The van der Waals surface area contributed by atoms with E-state index in [0.717, 1.165) is 6.42 Å². The van der Waals surface area contributed by atoms with Gasteiger partial charge in [-0.1, -0.05) is 26.0 Å². The Hall–Kier alpha value is -1.31. The standard InChI is InChI=1S/C12H16O2/c1-4-9(2)11-5-7-12(8-6-11)14-10(3)13/h5-9H,4H2,1-3H3. The van der Waals surface area contributed by atoms with Gasteiger partial charge in [0.1, 0.15) is 5.75 Å². The highest BCUT2D eigenvalue weighted by atomic mass is 16.5. The first-order valence-corrected chi connectivity index (χ1v) is 4.92. The van der Waals surface area contributed by atoms with E-state index in [1.165, 1.54) is 12.5 Å². The molecule has 1 aromatic carbocycles. The van der Waals surface area contributed by atoms with Crippen LogP contribution < -0.4 is 4.74 Å². The van der Waals surface area contributed by atoms with Crippen molar-refractivity contribution in [2.45, 2.75) is 33.1 Å². The van der Waals surface area contributed by atoms with E-state index in [1.54, 1.807) is 0 Å². The minimum Gasteiger partial charge on any atom is -0.427 e. The van der Waals surface area contributed by atoms with Crippen molar-refractivity contribution in [1.29, 1.82) is 0 Å². The van der Waals surface area contributed by atoms with Crippen LogP contribution in [0, 0.1) is 0 Å². The Morgan fingerprint density at radius 1 is 1.36 bits per heavy atom. The average molecular weight is 192 g/mol. The first-order valence-electron chi connectivity index (χ1n) is 4.92. The van der Waals surface area contributed by atoms with Crippen molar-refractivity contribution >= 4 is 5.97 Å². The Labute approximate surface area is 84.9 Å². The van der Waals surface area contributed by atoms with Gasteiger partial charge in [-0.05, 0) is 30.0 Å². The van der Waals surface area contributed by atoms with E-state index in [1.807, 2.05) is 24.3 Å². The van der Waals surface area contributed by atoms with Crippen LogP contribution in [-0.4, -0.2) is 5.97 Å². The third-order valence-corrected chi connectivity index (χ3v) is 2.32. The van der Waals surface area contributed by atoms with Gasteiger partial charge in [0.05, 0.1) is 0 Å². The van der Waals surface area contributed by atoms with Crippen LogP contribution in [0.1, 0.15) is 38.7 Å². The first kappa shape index (κ1) is 10.8. The third kappa shape index (κ3) is 2.87. The molecule has 0 saturated carbocycles. The number of carbonyl (C=O) groups excluding carboxylic acids is 1. The third-order valence-electron chi connectivity index (χ3n) is 2.32. The zero-order chi connectivity index (χ0) is 10.6. The largest absolute Gasteiger partial charge is 0.427 e. The summed E-state index contributed by atoms with van der Waals surface area (Å²) in [5.74, 6) is 0.896. The van der Waals surface area contributed by atoms with Crippen LogP contribution in [0.15, 0.2) is 24.3 Å². The predicted octanol–water partition coefficient (Wildman–Crippen LogP) is 3.13. The van der Waals surface area contributed by atoms with Gasteiger partial charge >= 0.3 is 5.97 Å². The summed E-state index contributed by atoms with van der Waals surface area (Å²) < 4.78 is 4.94. The molecule has 1 rings (SSSR count). The summed E-state index contributed by atoms with van der Waals surface area (Å²) in [7, 11) is 0. The van der Waals surface area contributed by atoms with Gasteiger partial charge in [-0.2, -0.15) is 0 Å². The summed E-state index contributed by atoms with van der Waals surface area (Å²) in [5.41, 5.74) is 1.28. The van der Waals surface area contributed by atoms with E-state index in [-0.39, 0.29) is 5.97 Å². The molecule has 0 heterocycles. The molecular weight excluding hydrogens is 176 g/mol.